The number of nitrogens with zero attached hydrogens (tertiary/aromatic N) is 3. The molecule has 1 aliphatic rings. The van der Waals surface area contributed by atoms with E-state index in [-0.39, 0.29) is 11.8 Å². The highest BCUT2D eigenvalue weighted by Gasteiger charge is 2.32. The Morgan fingerprint density at radius 1 is 0.935 bits per heavy atom. The molecule has 0 fully saturated rings. The fraction of sp³-hybridized carbons (Fsp3) is 0.115. The lowest BCUT2D eigenvalue weighted by Gasteiger charge is -2.20. The topological polar surface area (TPSA) is 53.0 Å². The first-order valence-corrected chi connectivity index (χ1v) is 10.1. The first-order valence-electron chi connectivity index (χ1n) is 10.1. The zero-order valence-corrected chi connectivity index (χ0v) is 17.7. The summed E-state index contributed by atoms with van der Waals surface area (Å²) < 4.78 is 0. The lowest BCUT2D eigenvalue weighted by atomic mass is 10.1. The number of amidine groups is 1. The largest absolute Gasteiger partial charge is 0.316 e. The molecule has 2 amide bonds. The van der Waals surface area contributed by atoms with Gasteiger partial charge in [0.05, 0.1) is 5.69 Å². The third kappa shape index (κ3) is 4.16. The molecule has 0 aliphatic carbocycles. The summed E-state index contributed by atoms with van der Waals surface area (Å²) in [6.07, 6.45) is 1.81. The van der Waals surface area contributed by atoms with Crippen molar-refractivity contribution in [1.29, 1.82) is 0 Å². The van der Waals surface area contributed by atoms with Crippen LogP contribution >= 0.6 is 0 Å². The van der Waals surface area contributed by atoms with E-state index in [0.717, 1.165) is 22.4 Å². The predicted octanol–water partition coefficient (Wildman–Crippen LogP) is 4.81. The summed E-state index contributed by atoms with van der Waals surface area (Å²) in [7, 11) is 1.72. The number of hydrogen-bond acceptors (Lipinski definition) is 3. The Balaban J connectivity index is 1.75. The number of carbonyl (C=O) groups is 2. The number of anilines is 2. The average molecular weight is 409 g/mol. The van der Waals surface area contributed by atoms with Gasteiger partial charge in [-0.15, -0.1) is 0 Å². The molecule has 1 heterocycles. The summed E-state index contributed by atoms with van der Waals surface area (Å²) in [5.74, 6) is 0.337. The molecule has 0 spiro atoms. The maximum atomic E-state index is 13.4. The van der Waals surface area contributed by atoms with E-state index in [0.29, 0.717) is 17.2 Å². The molecule has 5 nitrogen and oxygen atoms in total. The summed E-state index contributed by atoms with van der Waals surface area (Å²) in [5, 5.41) is 0. The van der Waals surface area contributed by atoms with Crippen molar-refractivity contribution in [3.8, 4) is 0 Å². The highest BCUT2D eigenvalue weighted by atomic mass is 16.2. The van der Waals surface area contributed by atoms with E-state index in [1.807, 2.05) is 91.9 Å². The molecule has 0 radical (unpaired) electrons. The third-order valence-corrected chi connectivity index (χ3v) is 5.24. The van der Waals surface area contributed by atoms with Crippen molar-refractivity contribution < 1.29 is 9.59 Å². The van der Waals surface area contributed by atoms with E-state index < -0.39 is 0 Å². The van der Waals surface area contributed by atoms with Crippen LogP contribution in [-0.4, -0.2) is 24.7 Å². The van der Waals surface area contributed by atoms with Gasteiger partial charge in [0, 0.05) is 25.2 Å². The van der Waals surface area contributed by atoms with E-state index in [9.17, 15) is 9.59 Å². The smallest absolute Gasteiger partial charge is 0.282 e. The van der Waals surface area contributed by atoms with Crippen molar-refractivity contribution in [3.63, 3.8) is 0 Å². The molecule has 0 saturated carbocycles. The maximum Gasteiger partial charge on any atom is 0.282 e. The molecule has 0 unspecified atom stereocenters. The lowest BCUT2D eigenvalue weighted by molar-refractivity contribution is -0.116. The standard InChI is InChI=1S/C26H23N3O2/c1-18-9-11-20(12-10-18)17-24-26(31)29(25(27-24)21-7-5-4-6-8-21)23-15-13-22(14-16-23)28(3)19(2)30/h4-17H,1-3H3/b24-17+. The Morgan fingerprint density at radius 3 is 2.19 bits per heavy atom. The number of amides is 2. The van der Waals surface area contributed by atoms with Gasteiger partial charge in [-0.3, -0.25) is 14.5 Å². The summed E-state index contributed by atoms with van der Waals surface area (Å²) in [6, 6.07) is 24.9. The minimum absolute atomic E-state index is 0.0557. The van der Waals surface area contributed by atoms with Crippen LogP contribution in [0.1, 0.15) is 23.6 Å². The quantitative estimate of drug-likeness (QED) is 0.581. The Labute approximate surface area is 182 Å². The second kappa shape index (κ2) is 8.40. The van der Waals surface area contributed by atoms with Crippen LogP contribution in [0.3, 0.4) is 0 Å². The zero-order chi connectivity index (χ0) is 22.0. The molecule has 3 aromatic rings. The molecular weight excluding hydrogens is 386 g/mol. The first-order chi connectivity index (χ1) is 14.9. The second-order valence-corrected chi connectivity index (χ2v) is 7.48. The van der Waals surface area contributed by atoms with Gasteiger partial charge in [-0.2, -0.15) is 0 Å². The van der Waals surface area contributed by atoms with Gasteiger partial charge in [-0.1, -0.05) is 60.2 Å². The van der Waals surface area contributed by atoms with E-state index in [4.69, 9.17) is 4.99 Å². The van der Waals surface area contributed by atoms with Gasteiger partial charge in [0.15, 0.2) is 0 Å². The highest BCUT2D eigenvalue weighted by Crippen LogP contribution is 2.29. The lowest BCUT2D eigenvalue weighted by Crippen LogP contribution is -2.32. The number of carbonyl (C=O) groups excluding carboxylic acids is 2. The molecule has 1 aliphatic heterocycles. The van der Waals surface area contributed by atoms with E-state index >= 15 is 0 Å². The molecule has 4 rings (SSSR count). The van der Waals surface area contributed by atoms with Gasteiger partial charge in [-0.25, -0.2) is 4.99 Å². The van der Waals surface area contributed by atoms with Crippen molar-refractivity contribution in [2.45, 2.75) is 13.8 Å². The monoisotopic (exact) mass is 409 g/mol. The van der Waals surface area contributed by atoms with Crippen LogP contribution in [0.25, 0.3) is 6.08 Å². The van der Waals surface area contributed by atoms with Crippen molar-refractivity contribution in [1.82, 2.24) is 0 Å². The van der Waals surface area contributed by atoms with E-state index in [1.54, 1.807) is 16.8 Å². The van der Waals surface area contributed by atoms with Gasteiger partial charge < -0.3 is 4.90 Å². The Bertz CT molecular complexity index is 1180. The minimum atomic E-state index is -0.188. The molecule has 0 N–H and O–H groups in total. The molecule has 3 aromatic carbocycles. The number of benzene rings is 3. The number of aliphatic imine (C=N–C) groups is 1. The zero-order valence-electron chi connectivity index (χ0n) is 17.7. The third-order valence-electron chi connectivity index (χ3n) is 5.24. The summed E-state index contributed by atoms with van der Waals surface area (Å²) >= 11 is 0. The summed E-state index contributed by atoms with van der Waals surface area (Å²) in [4.78, 5) is 32.9. The molecule has 5 heteroatoms. The summed E-state index contributed by atoms with van der Waals surface area (Å²) in [5.41, 5.74) is 4.77. The number of hydrogen-bond donors (Lipinski definition) is 0. The molecule has 0 bridgehead atoms. The van der Waals surface area contributed by atoms with Crippen molar-refractivity contribution >= 4 is 35.1 Å². The summed E-state index contributed by atoms with van der Waals surface area (Å²) in [6.45, 7) is 3.54. The normalized spacial score (nSPS) is 14.7. The van der Waals surface area contributed by atoms with Crippen molar-refractivity contribution in [2.75, 3.05) is 16.8 Å². The number of rotatable bonds is 4. The Hall–Kier alpha value is -3.99. The van der Waals surface area contributed by atoms with Crippen LogP contribution in [-0.2, 0) is 9.59 Å². The fourth-order valence-corrected chi connectivity index (χ4v) is 3.36. The van der Waals surface area contributed by atoms with Crippen molar-refractivity contribution in [2.24, 2.45) is 4.99 Å². The van der Waals surface area contributed by atoms with Crippen molar-refractivity contribution in [3.05, 3.63) is 101 Å². The first kappa shape index (κ1) is 20.3. The van der Waals surface area contributed by atoms with Crippen LogP contribution < -0.4 is 9.80 Å². The molecular formula is C26H23N3O2. The van der Waals surface area contributed by atoms with Gasteiger partial charge in [0.25, 0.3) is 5.91 Å². The fourth-order valence-electron chi connectivity index (χ4n) is 3.36. The Morgan fingerprint density at radius 2 is 1.58 bits per heavy atom. The molecule has 0 aromatic heterocycles. The minimum Gasteiger partial charge on any atom is -0.316 e. The molecule has 0 saturated heterocycles. The van der Waals surface area contributed by atoms with Crippen LogP contribution in [0.15, 0.2) is 89.6 Å². The predicted molar refractivity (Wildman–Crippen MR) is 125 cm³/mol. The molecule has 154 valence electrons. The van der Waals surface area contributed by atoms with Gasteiger partial charge in [0.1, 0.15) is 11.5 Å². The van der Waals surface area contributed by atoms with Gasteiger partial charge in [0.2, 0.25) is 5.91 Å². The second-order valence-electron chi connectivity index (χ2n) is 7.48. The highest BCUT2D eigenvalue weighted by molar-refractivity contribution is 6.33. The SMILES string of the molecule is CC(=O)N(C)c1ccc(N2C(=O)/C(=C\c3ccc(C)cc3)N=C2c2ccccc2)cc1. The molecule has 0 atom stereocenters. The number of aryl methyl sites for hydroxylation is 1. The average Bonchev–Trinajstić information content (AvgIpc) is 3.11. The van der Waals surface area contributed by atoms with E-state index in [1.165, 1.54) is 6.92 Å². The van der Waals surface area contributed by atoms with Crippen LogP contribution in [0, 0.1) is 6.92 Å². The maximum absolute atomic E-state index is 13.4. The molecule has 31 heavy (non-hydrogen) atoms. The van der Waals surface area contributed by atoms with Crippen LogP contribution in [0.2, 0.25) is 0 Å². The van der Waals surface area contributed by atoms with Crippen LogP contribution in [0.5, 0.6) is 0 Å². The van der Waals surface area contributed by atoms with Gasteiger partial charge >= 0.3 is 0 Å². The van der Waals surface area contributed by atoms with Crippen LogP contribution in [0.4, 0.5) is 11.4 Å². The van der Waals surface area contributed by atoms with Gasteiger partial charge in [-0.05, 0) is 42.8 Å². The Kier molecular flexibility index (Phi) is 5.50. The van der Waals surface area contributed by atoms with E-state index in [2.05, 4.69) is 0 Å².